The van der Waals surface area contributed by atoms with E-state index in [4.69, 9.17) is 21.4 Å². The molecular weight excluding hydrogens is 434 g/mol. The molecule has 0 N–H and O–H groups in total. The first-order chi connectivity index (χ1) is 16.0. The summed E-state index contributed by atoms with van der Waals surface area (Å²) in [4.78, 5) is 18.1. The zero-order chi connectivity index (χ0) is 22.9. The van der Waals surface area contributed by atoms with E-state index in [0.717, 1.165) is 27.7 Å². The number of hydrogen-bond donors (Lipinski definition) is 0. The average Bonchev–Trinajstić information content (AvgIpc) is 3.29. The number of hydrazone groups is 1. The first-order valence-electron chi connectivity index (χ1n) is 10.7. The van der Waals surface area contributed by atoms with Crippen molar-refractivity contribution >= 4 is 34.1 Å². The van der Waals surface area contributed by atoms with Gasteiger partial charge in [-0.25, -0.2) is 9.99 Å². The number of pyridine rings is 1. The van der Waals surface area contributed by atoms with Crippen molar-refractivity contribution < 1.29 is 9.53 Å². The summed E-state index contributed by atoms with van der Waals surface area (Å²) in [6.45, 7) is 2.05. The number of nitrogens with zero attached hydrogens (tertiary/aromatic N) is 3. The zero-order valence-electron chi connectivity index (χ0n) is 18.3. The Morgan fingerprint density at radius 2 is 1.79 bits per heavy atom. The van der Waals surface area contributed by atoms with Crippen LogP contribution in [0.5, 0.6) is 5.75 Å². The summed E-state index contributed by atoms with van der Waals surface area (Å²) in [5.74, 6) is 0.541. The minimum Gasteiger partial charge on any atom is -0.497 e. The maximum Gasteiger partial charge on any atom is 0.274 e. The van der Waals surface area contributed by atoms with Gasteiger partial charge < -0.3 is 4.74 Å². The number of fused-ring (bicyclic) bond motifs is 1. The van der Waals surface area contributed by atoms with Crippen molar-refractivity contribution in [3.63, 3.8) is 0 Å². The van der Waals surface area contributed by atoms with Crippen LogP contribution in [0.4, 0.5) is 0 Å². The lowest BCUT2D eigenvalue weighted by Gasteiger charge is -2.23. The number of aryl methyl sites for hydroxylation is 1. The maximum atomic E-state index is 13.5. The van der Waals surface area contributed by atoms with Crippen molar-refractivity contribution in [3.8, 4) is 5.75 Å². The Kier molecular flexibility index (Phi) is 5.56. The normalized spacial score (nSPS) is 15.5. The number of amides is 1. The number of benzene rings is 3. The number of hydrogen-bond acceptors (Lipinski definition) is 4. The van der Waals surface area contributed by atoms with Crippen LogP contribution in [0, 0.1) is 6.92 Å². The van der Waals surface area contributed by atoms with Crippen molar-refractivity contribution in [1.82, 2.24) is 9.99 Å². The minimum atomic E-state index is -0.361. The molecule has 33 heavy (non-hydrogen) atoms. The third-order valence-corrected chi connectivity index (χ3v) is 6.19. The maximum absolute atomic E-state index is 13.5. The first kappa shape index (κ1) is 21.2. The Morgan fingerprint density at radius 3 is 2.52 bits per heavy atom. The highest BCUT2D eigenvalue weighted by Gasteiger charge is 2.35. The van der Waals surface area contributed by atoms with Gasteiger partial charge in [0.2, 0.25) is 0 Å². The molecule has 0 bridgehead atoms. The fourth-order valence-electron chi connectivity index (χ4n) is 4.07. The molecule has 0 spiro atoms. The number of ether oxygens (including phenoxy) is 1. The molecule has 3 aromatic carbocycles. The third kappa shape index (κ3) is 4.08. The summed E-state index contributed by atoms with van der Waals surface area (Å²) in [6, 6.07) is 24.7. The molecule has 1 amide bonds. The molecule has 0 radical (unpaired) electrons. The molecule has 6 heteroatoms. The first-order valence-corrected chi connectivity index (χ1v) is 11.1. The molecule has 1 atom stereocenters. The molecule has 5 nitrogen and oxygen atoms in total. The van der Waals surface area contributed by atoms with Crippen LogP contribution in [0.25, 0.3) is 10.9 Å². The Balaban J connectivity index is 1.59. The smallest absolute Gasteiger partial charge is 0.274 e. The largest absolute Gasteiger partial charge is 0.497 e. The lowest BCUT2D eigenvalue weighted by molar-refractivity contribution is 0.0711. The minimum absolute atomic E-state index is 0.173. The summed E-state index contributed by atoms with van der Waals surface area (Å²) in [5, 5.41) is 7.59. The van der Waals surface area contributed by atoms with Gasteiger partial charge in [0.25, 0.3) is 5.91 Å². The van der Waals surface area contributed by atoms with Gasteiger partial charge >= 0.3 is 0 Å². The van der Waals surface area contributed by atoms with Crippen molar-refractivity contribution in [2.45, 2.75) is 19.4 Å². The van der Waals surface area contributed by atoms with E-state index < -0.39 is 0 Å². The Hall–Kier alpha value is -3.70. The van der Waals surface area contributed by atoms with Crippen LogP contribution < -0.4 is 4.74 Å². The zero-order valence-corrected chi connectivity index (χ0v) is 19.1. The van der Waals surface area contributed by atoms with E-state index in [1.807, 2.05) is 73.7 Å². The van der Waals surface area contributed by atoms with Gasteiger partial charge in [0.05, 0.1) is 24.4 Å². The molecule has 1 unspecified atom stereocenters. The Bertz CT molecular complexity index is 1370. The number of halogens is 1. The quantitative estimate of drug-likeness (QED) is 0.344. The third-order valence-electron chi connectivity index (χ3n) is 5.89. The highest BCUT2D eigenvalue weighted by atomic mass is 35.5. The Morgan fingerprint density at radius 1 is 1.03 bits per heavy atom. The number of aromatic nitrogens is 1. The Labute approximate surface area is 197 Å². The van der Waals surface area contributed by atoms with Gasteiger partial charge in [-0.05, 0) is 42.8 Å². The molecule has 4 aromatic rings. The second-order valence-corrected chi connectivity index (χ2v) is 8.43. The number of methoxy groups -OCH3 is 1. The van der Waals surface area contributed by atoms with Gasteiger partial charge in [-0.1, -0.05) is 59.6 Å². The average molecular weight is 456 g/mol. The van der Waals surface area contributed by atoms with Crippen LogP contribution in [0.3, 0.4) is 0 Å². The molecule has 1 aliphatic heterocycles. The second-order valence-electron chi connectivity index (χ2n) is 8.08. The topological polar surface area (TPSA) is 54.8 Å². The standard InChI is InChI=1S/C27H22ClN3O2/c1-17-8-10-18(11-9-17)24-16-25(31(30-24)27(32)19-6-4-3-5-7-19)22-14-20-12-13-21(33-2)15-23(20)29-26(22)28/h3-15,25H,16H2,1-2H3. The molecule has 0 fully saturated rings. The van der Waals surface area contributed by atoms with E-state index in [1.165, 1.54) is 5.56 Å². The molecule has 0 saturated heterocycles. The van der Waals surface area contributed by atoms with Crippen LogP contribution >= 0.6 is 11.6 Å². The van der Waals surface area contributed by atoms with E-state index in [0.29, 0.717) is 22.9 Å². The summed E-state index contributed by atoms with van der Waals surface area (Å²) in [7, 11) is 1.62. The molecule has 1 aliphatic rings. The number of rotatable bonds is 4. The summed E-state index contributed by atoms with van der Waals surface area (Å²) in [5.41, 5.74) is 5.08. The van der Waals surface area contributed by atoms with Gasteiger partial charge in [0.1, 0.15) is 10.9 Å². The summed E-state index contributed by atoms with van der Waals surface area (Å²) >= 11 is 6.67. The molecule has 2 heterocycles. The van der Waals surface area contributed by atoms with Crippen LogP contribution in [0.2, 0.25) is 5.15 Å². The number of carbonyl (C=O) groups excluding carboxylic acids is 1. The predicted molar refractivity (Wildman–Crippen MR) is 131 cm³/mol. The van der Waals surface area contributed by atoms with Crippen LogP contribution in [-0.4, -0.2) is 28.7 Å². The molecule has 0 saturated carbocycles. The van der Waals surface area contributed by atoms with Gasteiger partial charge in [0.15, 0.2) is 0 Å². The van der Waals surface area contributed by atoms with Crippen LogP contribution in [-0.2, 0) is 0 Å². The van der Waals surface area contributed by atoms with E-state index >= 15 is 0 Å². The van der Waals surface area contributed by atoms with Crippen molar-refractivity contribution in [2.75, 3.05) is 7.11 Å². The SMILES string of the molecule is COc1ccc2cc(C3CC(c4ccc(C)cc4)=NN3C(=O)c3ccccc3)c(Cl)nc2c1. The highest BCUT2D eigenvalue weighted by molar-refractivity contribution is 6.30. The summed E-state index contributed by atoms with van der Waals surface area (Å²) < 4.78 is 5.31. The molecular formula is C27H22ClN3O2. The van der Waals surface area contributed by atoms with Crippen molar-refractivity contribution in [3.05, 3.63) is 106 Å². The fourth-order valence-corrected chi connectivity index (χ4v) is 4.35. The molecule has 164 valence electrons. The number of carbonyl (C=O) groups is 1. The van der Waals surface area contributed by atoms with Gasteiger partial charge in [-0.3, -0.25) is 4.79 Å². The summed E-state index contributed by atoms with van der Waals surface area (Å²) in [6.07, 6.45) is 0.546. The van der Waals surface area contributed by atoms with Crippen molar-refractivity contribution in [2.24, 2.45) is 5.10 Å². The van der Waals surface area contributed by atoms with E-state index in [1.54, 1.807) is 24.3 Å². The van der Waals surface area contributed by atoms with Gasteiger partial charge in [-0.2, -0.15) is 5.10 Å². The van der Waals surface area contributed by atoms with E-state index in [9.17, 15) is 4.79 Å². The molecule has 1 aromatic heterocycles. The monoisotopic (exact) mass is 455 g/mol. The molecule has 5 rings (SSSR count). The van der Waals surface area contributed by atoms with E-state index in [-0.39, 0.29) is 11.9 Å². The van der Waals surface area contributed by atoms with Crippen LogP contribution in [0.1, 0.15) is 39.5 Å². The van der Waals surface area contributed by atoms with Crippen molar-refractivity contribution in [1.29, 1.82) is 0 Å². The second kappa shape index (κ2) is 8.68. The van der Waals surface area contributed by atoms with E-state index in [2.05, 4.69) is 4.98 Å². The lowest BCUT2D eigenvalue weighted by atomic mass is 9.97. The van der Waals surface area contributed by atoms with Crippen LogP contribution in [0.15, 0.2) is 84.0 Å². The fraction of sp³-hybridized carbons (Fsp3) is 0.148. The lowest BCUT2D eigenvalue weighted by Crippen LogP contribution is -2.27. The van der Waals surface area contributed by atoms with Gasteiger partial charge in [0, 0.05) is 29.0 Å². The van der Waals surface area contributed by atoms with Gasteiger partial charge in [-0.15, -0.1) is 0 Å². The highest BCUT2D eigenvalue weighted by Crippen LogP contribution is 2.38. The predicted octanol–water partition coefficient (Wildman–Crippen LogP) is 6.20. The molecule has 0 aliphatic carbocycles.